The van der Waals surface area contributed by atoms with Crippen molar-refractivity contribution in [3.8, 4) is 0 Å². The second kappa shape index (κ2) is 6.96. The highest BCUT2D eigenvalue weighted by Gasteiger charge is 2.08. The summed E-state index contributed by atoms with van der Waals surface area (Å²) in [5, 5.41) is 6.18. The number of aromatic nitrogens is 1. The van der Waals surface area contributed by atoms with Crippen molar-refractivity contribution in [2.75, 3.05) is 5.32 Å². The average Bonchev–Trinajstić information content (AvgIpc) is 2.42. The van der Waals surface area contributed by atoms with Crippen LogP contribution >= 0.6 is 46.4 Å². The molecule has 0 fully saturated rings. The smallest absolute Gasteiger partial charge is 0.257 e. The molecule has 4 nitrogen and oxygen atoms in total. The number of carbonyl (C=O) groups is 1. The first kappa shape index (κ1) is 15.1. The third-order valence-electron chi connectivity index (χ3n) is 2.30. The van der Waals surface area contributed by atoms with Crippen molar-refractivity contribution in [2.45, 2.75) is 0 Å². The summed E-state index contributed by atoms with van der Waals surface area (Å²) in [6.45, 7) is 0. The lowest BCUT2D eigenvalue weighted by molar-refractivity contribution is 0.0978. The van der Waals surface area contributed by atoms with Gasteiger partial charge in [0.2, 0.25) is 0 Å². The number of rotatable bonds is 2. The molecular weight excluding hydrogens is 409 g/mol. The maximum Gasteiger partial charge on any atom is 0.257 e. The summed E-state index contributed by atoms with van der Waals surface area (Å²) in [6, 6.07) is 10.2. The zero-order valence-electron chi connectivity index (χ0n) is 10.1. The van der Waals surface area contributed by atoms with Gasteiger partial charge in [0.1, 0.15) is 5.82 Å². The Hall–Kier alpha value is -1.25. The van der Waals surface area contributed by atoms with E-state index >= 15 is 0 Å². The molecule has 20 heavy (non-hydrogen) atoms. The Kier molecular flexibility index (Phi) is 5.27. The summed E-state index contributed by atoms with van der Waals surface area (Å²) in [5.74, 6) is 0.275. The predicted molar refractivity (Wildman–Crippen MR) is 92.1 cm³/mol. The Morgan fingerprint density at radius 3 is 2.50 bits per heavy atom. The Labute approximate surface area is 140 Å². The molecular formula is C13H9ClIN3OS. The maximum absolute atomic E-state index is 11.9. The van der Waals surface area contributed by atoms with Gasteiger partial charge in [-0.25, -0.2) is 4.98 Å². The fourth-order valence-electron chi connectivity index (χ4n) is 1.37. The van der Waals surface area contributed by atoms with Gasteiger partial charge >= 0.3 is 0 Å². The lowest BCUT2D eigenvalue weighted by atomic mass is 10.2. The van der Waals surface area contributed by atoms with Crippen molar-refractivity contribution in [3.63, 3.8) is 0 Å². The van der Waals surface area contributed by atoms with Gasteiger partial charge in [-0.1, -0.05) is 11.6 Å². The molecule has 0 unspecified atom stereocenters. The number of thiocarbonyl (C=S) groups is 1. The quantitative estimate of drug-likeness (QED) is 0.580. The molecule has 102 valence electrons. The summed E-state index contributed by atoms with van der Waals surface area (Å²) in [7, 11) is 0. The van der Waals surface area contributed by atoms with E-state index in [2.05, 4.69) is 38.2 Å². The van der Waals surface area contributed by atoms with Crippen LogP contribution in [-0.2, 0) is 0 Å². The summed E-state index contributed by atoms with van der Waals surface area (Å²) >= 11 is 13.0. The van der Waals surface area contributed by atoms with Crippen LogP contribution in [0.15, 0.2) is 42.6 Å². The highest BCUT2D eigenvalue weighted by molar-refractivity contribution is 14.1. The lowest BCUT2D eigenvalue weighted by Gasteiger charge is -2.08. The molecule has 1 aromatic heterocycles. The van der Waals surface area contributed by atoms with E-state index in [4.69, 9.17) is 23.8 Å². The summed E-state index contributed by atoms with van der Waals surface area (Å²) in [6.07, 6.45) is 1.70. The molecule has 1 amide bonds. The number of nitrogens with zero attached hydrogens (tertiary/aromatic N) is 1. The molecule has 0 saturated carbocycles. The fraction of sp³-hybridized carbons (Fsp3) is 0. The van der Waals surface area contributed by atoms with Crippen molar-refractivity contribution < 1.29 is 4.79 Å². The Bertz CT molecular complexity index is 631. The molecule has 0 bridgehead atoms. The molecule has 0 spiro atoms. The zero-order valence-corrected chi connectivity index (χ0v) is 13.8. The van der Waals surface area contributed by atoms with E-state index in [1.807, 2.05) is 6.07 Å². The lowest BCUT2D eigenvalue weighted by Crippen LogP contribution is -2.34. The molecule has 0 aliphatic heterocycles. The molecule has 1 heterocycles. The third-order valence-corrected chi connectivity index (χ3v) is 3.40. The van der Waals surface area contributed by atoms with Crippen LogP contribution in [0.1, 0.15) is 10.4 Å². The van der Waals surface area contributed by atoms with Crippen LogP contribution in [0, 0.1) is 3.57 Å². The van der Waals surface area contributed by atoms with Gasteiger partial charge in [-0.2, -0.15) is 0 Å². The largest absolute Gasteiger partial charge is 0.317 e. The average molecular weight is 418 g/mol. The van der Waals surface area contributed by atoms with E-state index in [1.54, 1.807) is 36.5 Å². The van der Waals surface area contributed by atoms with Crippen LogP contribution in [0.3, 0.4) is 0 Å². The molecule has 7 heteroatoms. The van der Waals surface area contributed by atoms with Gasteiger partial charge in [-0.3, -0.25) is 10.1 Å². The van der Waals surface area contributed by atoms with E-state index in [-0.39, 0.29) is 11.0 Å². The first-order valence-corrected chi connectivity index (χ1v) is 7.40. The van der Waals surface area contributed by atoms with Crippen LogP contribution in [0.2, 0.25) is 5.02 Å². The van der Waals surface area contributed by atoms with Crippen LogP contribution < -0.4 is 10.6 Å². The molecule has 2 N–H and O–H groups in total. The van der Waals surface area contributed by atoms with Gasteiger partial charge in [0, 0.05) is 20.4 Å². The summed E-state index contributed by atoms with van der Waals surface area (Å²) in [5.41, 5.74) is 0.481. The van der Waals surface area contributed by atoms with E-state index in [1.165, 1.54) is 0 Å². The Morgan fingerprint density at radius 2 is 1.90 bits per heavy atom. The van der Waals surface area contributed by atoms with Gasteiger partial charge in [-0.05, 0) is 71.2 Å². The Balaban J connectivity index is 1.95. The van der Waals surface area contributed by atoms with Crippen molar-refractivity contribution in [3.05, 3.63) is 56.8 Å². The van der Waals surface area contributed by atoms with Gasteiger partial charge < -0.3 is 5.32 Å². The van der Waals surface area contributed by atoms with Gasteiger partial charge in [0.25, 0.3) is 5.91 Å². The first-order valence-electron chi connectivity index (χ1n) is 5.54. The number of benzene rings is 1. The zero-order chi connectivity index (χ0) is 14.5. The topological polar surface area (TPSA) is 54.0 Å². The maximum atomic E-state index is 11.9. The molecule has 0 aliphatic rings. The third kappa shape index (κ3) is 4.39. The van der Waals surface area contributed by atoms with E-state index in [0.29, 0.717) is 16.4 Å². The number of anilines is 1. The minimum Gasteiger partial charge on any atom is -0.317 e. The van der Waals surface area contributed by atoms with Crippen molar-refractivity contribution in [1.29, 1.82) is 0 Å². The van der Waals surface area contributed by atoms with Crippen LogP contribution in [0.4, 0.5) is 5.82 Å². The number of hydrogen-bond donors (Lipinski definition) is 2. The van der Waals surface area contributed by atoms with E-state index in [9.17, 15) is 4.79 Å². The number of halogens is 2. The van der Waals surface area contributed by atoms with E-state index in [0.717, 1.165) is 3.57 Å². The predicted octanol–water partition coefficient (Wildman–Crippen LogP) is 3.47. The first-order chi connectivity index (χ1) is 9.54. The second-order valence-electron chi connectivity index (χ2n) is 3.78. The molecule has 0 radical (unpaired) electrons. The molecule has 2 rings (SSSR count). The highest BCUT2D eigenvalue weighted by atomic mass is 127. The second-order valence-corrected chi connectivity index (χ2v) is 5.87. The number of hydrogen-bond acceptors (Lipinski definition) is 3. The fourth-order valence-corrected chi connectivity index (χ4v) is 2.02. The summed E-state index contributed by atoms with van der Waals surface area (Å²) in [4.78, 5) is 16.0. The number of nitrogens with one attached hydrogen (secondary N) is 2. The van der Waals surface area contributed by atoms with Crippen LogP contribution in [-0.4, -0.2) is 16.0 Å². The molecule has 0 atom stereocenters. The number of amides is 1. The normalized spacial score (nSPS) is 9.90. The van der Waals surface area contributed by atoms with Gasteiger partial charge in [0.05, 0.1) is 0 Å². The molecule has 2 aromatic rings. The Morgan fingerprint density at radius 1 is 1.20 bits per heavy atom. The minimum absolute atomic E-state index is 0.193. The van der Waals surface area contributed by atoms with Gasteiger partial charge in [0.15, 0.2) is 5.11 Å². The highest BCUT2D eigenvalue weighted by Crippen LogP contribution is 2.10. The van der Waals surface area contributed by atoms with Crippen molar-refractivity contribution in [2.24, 2.45) is 0 Å². The van der Waals surface area contributed by atoms with Gasteiger partial charge in [-0.15, -0.1) is 0 Å². The number of carbonyl (C=O) groups excluding carboxylic acids is 1. The molecule has 0 saturated heterocycles. The van der Waals surface area contributed by atoms with E-state index < -0.39 is 0 Å². The van der Waals surface area contributed by atoms with Crippen LogP contribution in [0.5, 0.6) is 0 Å². The van der Waals surface area contributed by atoms with Crippen LogP contribution in [0.25, 0.3) is 0 Å². The minimum atomic E-state index is -0.301. The standard InChI is InChI=1S/C13H9ClIN3OS/c14-9-3-1-8(2-4-9)12(19)18-13(20)17-11-6-5-10(15)7-16-11/h1-7H,(H2,16,17,18,19,20). The number of pyridine rings is 1. The monoisotopic (exact) mass is 417 g/mol. The molecule has 0 aliphatic carbocycles. The summed E-state index contributed by atoms with van der Waals surface area (Å²) < 4.78 is 1.02. The van der Waals surface area contributed by atoms with Crippen molar-refractivity contribution in [1.82, 2.24) is 10.3 Å². The molecule has 1 aromatic carbocycles. The SMILES string of the molecule is O=C(NC(=S)Nc1ccc(I)cn1)c1ccc(Cl)cc1. The van der Waals surface area contributed by atoms with Crippen molar-refractivity contribution >= 4 is 63.2 Å².